The molecule has 0 amide bonds. The Hall–Kier alpha value is -9.54. The summed E-state index contributed by atoms with van der Waals surface area (Å²) in [6, 6.07) is 96.5. The van der Waals surface area contributed by atoms with Crippen molar-refractivity contribution < 1.29 is 0 Å². The molecule has 0 saturated heterocycles. The molecule has 0 aliphatic heterocycles. The Morgan fingerprint density at radius 2 is 0.720 bits per heavy atom. The van der Waals surface area contributed by atoms with Gasteiger partial charge in [0.1, 0.15) is 0 Å². The van der Waals surface area contributed by atoms with E-state index in [-0.39, 0.29) is 0 Å². The summed E-state index contributed by atoms with van der Waals surface area (Å²) in [5.41, 5.74) is 22.9. The van der Waals surface area contributed by atoms with Crippen LogP contribution in [0.15, 0.2) is 261 Å². The van der Waals surface area contributed by atoms with Gasteiger partial charge in [0.2, 0.25) is 0 Å². The maximum absolute atomic E-state index is 4.06. The smallest absolute Gasteiger partial charge is 0.0620 e. The summed E-state index contributed by atoms with van der Waals surface area (Å²) in [6.07, 6.45) is 0. The number of nitrogens with zero attached hydrogens (tertiary/aromatic N) is 1. The molecule has 0 radical (unpaired) electrons. The van der Waals surface area contributed by atoms with Crippen molar-refractivity contribution in [1.82, 2.24) is 9.38 Å². The van der Waals surface area contributed by atoms with Crippen LogP contribution in [0, 0.1) is 0 Å². The predicted molar refractivity (Wildman–Crippen MR) is 321 cm³/mol. The van der Waals surface area contributed by atoms with Crippen molar-refractivity contribution in [3.05, 3.63) is 261 Å². The summed E-state index contributed by atoms with van der Waals surface area (Å²) in [4.78, 5) is 4.06. The van der Waals surface area contributed by atoms with E-state index in [1.807, 2.05) is 11.3 Å². The third-order valence-corrected chi connectivity index (χ3v) is 17.0. The molecule has 348 valence electrons. The van der Waals surface area contributed by atoms with Gasteiger partial charge in [-0.1, -0.05) is 194 Å². The molecule has 4 heterocycles. The van der Waals surface area contributed by atoms with Gasteiger partial charge >= 0.3 is 0 Å². The molecule has 0 saturated carbocycles. The van der Waals surface area contributed by atoms with Gasteiger partial charge in [-0.05, 0) is 139 Å². The summed E-state index contributed by atoms with van der Waals surface area (Å²) >= 11 is 1.89. The molecular weight excluding hydrogens is 925 g/mol. The quantitative estimate of drug-likeness (QED) is 0.164. The number of aromatic amines is 1. The summed E-state index contributed by atoms with van der Waals surface area (Å²) in [5, 5.41) is 10.1. The van der Waals surface area contributed by atoms with Crippen LogP contribution >= 0.6 is 11.3 Å². The van der Waals surface area contributed by atoms with E-state index in [0.717, 1.165) is 5.52 Å². The molecule has 2 nitrogen and oxygen atoms in total. The number of para-hydroxylation sites is 1. The molecule has 0 bridgehead atoms. The second kappa shape index (κ2) is 16.5. The van der Waals surface area contributed by atoms with Gasteiger partial charge in [0, 0.05) is 63.6 Å². The average Bonchev–Trinajstić information content (AvgIpc) is 4.25. The van der Waals surface area contributed by atoms with Crippen LogP contribution < -0.4 is 0 Å². The number of nitrogens with one attached hydrogen (secondary N) is 1. The Morgan fingerprint density at radius 1 is 0.267 bits per heavy atom. The monoisotopic (exact) mass is 968 g/mol. The van der Waals surface area contributed by atoms with Crippen molar-refractivity contribution in [2.45, 2.75) is 0 Å². The van der Waals surface area contributed by atoms with Crippen molar-refractivity contribution in [2.24, 2.45) is 0 Å². The van der Waals surface area contributed by atoms with E-state index in [1.54, 1.807) is 0 Å². The summed E-state index contributed by atoms with van der Waals surface area (Å²) < 4.78 is 5.15. The van der Waals surface area contributed by atoms with Crippen molar-refractivity contribution in [3.63, 3.8) is 0 Å². The highest BCUT2D eigenvalue weighted by Gasteiger charge is 2.23. The van der Waals surface area contributed by atoms with E-state index in [2.05, 4.69) is 270 Å². The highest BCUT2D eigenvalue weighted by molar-refractivity contribution is 7.26. The predicted octanol–water partition coefficient (Wildman–Crippen LogP) is 20.5. The Kier molecular flexibility index (Phi) is 9.24. The molecule has 0 fully saturated rings. The van der Waals surface area contributed by atoms with E-state index in [9.17, 15) is 0 Å². The second-order valence-corrected chi connectivity index (χ2v) is 21.1. The van der Waals surface area contributed by atoms with Crippen LogP contribution in [0.2, 0.25) is 0 Å². The molecule has 4 aromatic heterocycles. The zero-order chi connectivity index (χ0) is 49.1. The number of aromatic nitrogens is 2. The lowest BCUT2D eigenvalue weighted by Crippen LogP contribution is -1.87. The Labute approximate surface area is 437 Å². The maximum atomic E-state index is 4.06. The number of hydrogen-bond donors (Lipinski definition) is 1. The third kappa shape index (κ3) is 6.65. The van der Waals surface area contributed by atoms with Gasteiger partial charge in [0.15, 0.2) is 0 Å². The van der Waals surface area contributed by atoms with Crippen molar-refractivity contribution >= 4 is 91.4 Å². The standard InChI is InChI=1S/C72H44N2S/c1-5-16-44(17-6-1)51-34-52(45-18-7-2-8-19-45)37-55(36-51)48-28-30-49(31-29-48)69-70-63(41-64-58-24-13-14-27-68(58)75-72(64)69)61-43-67-62(42-65(61)73-70)60-26-15-25-59-57-33-32-50(40-66(57)74(67)71(59)60)56-38-53(46-20-9-3-10-21-46)35-54(39-56)47-22-11-4-12-23-47/h1-43,73H. The van der Waals surface area contributed by atoms with Gasteiger partial charge in [0.25, 0.3) is 0 Å². The van der Waals surface area contributed by atoms with E-state index in [0.29, 0.717) is 0 Å². The average molecular weight is 969 g/mol. The minimum Gasteiger partial charge on any atom is -0.354 e. The Balaban J connectivity index is 0.892. The molecule has 0 unspecified atom stereocenters. The molecule has 0 aliphatic rings. The van der Waals surface area contributed by atoms with Gasteiger partial charge in [0.05, 0.1) is 22.1 Å². The Bertz CT molecular complexity index is 4780. The van der Waals surface area contributed by atoms with Crippen LogP contribution in [0.25, 0.3) is 158 Å². The van der Waals surface area contributed by atoms with Gasteiger partial charge < -0.3 is 9.38 Å². The maximum Gasteiger partial charge on any atom is 0.0620 e. The fraction of sp³-hybridized carbons (Fsp3) is 0. The fourth-order valence-electron chi connectivity index (χ4n) is 12.2. The van der Waals surface area contributed by atoms with Crippen LogP contribution in [0.1, 0.15) is 0 Å². The summed E-state index contributed by atoms with van der Waals surface area (Å²) in [6.45, 7) is 0. The first-order valence-corrected chi connectivity index (χ1v) is 26.6. The molecule has 75 heavy (non-hydrogen) atoms. The van der Waals surface area contributed by atoms with Gasteiger partial charge in [-0.3, -0.25) is 0 Å². The van der Waals surface area contributed by atoms with Crippen molar-refractivity contribution in [3.8, 4) is 77.9 Å². The van der Waals surface area contributed by atoms with Gasteiger partial charge in [-0.25, -0.2) is 0 Å². The van der Waals surface area contributed by atoms with E-state index in [1.165, 1.54) is 152 Å². The van der Waals surface area contributed by atoms with E-state index < -0.39 is 0 Å². The fourth-order valence-corrected chi connectivity index (χ4v) is 13.5. The zero-order valence-electron chi connectivity index (χ0n) is 40.7. The highest BCUT2D eigenvalue weighted by Crippen LogP contribution is 2.48. The summed E-state index contributed by atoms with van der Waals surface area (Å²) in [5.74, 6) is 0. The minimum atomic E-state index is 1.15. The first-order chi connectivity index (χ1) is 37.1. The third-order valence-electron chi connectivity index (χ3n) is 15.8. The van der Waals surface area contributed by atoms with Crippen LogP contribution in [0.5, 0.6) is 0 Å². The van der Waals surface area contributed by atoms with Gasteiger partial charge in [-0.15, -0.1) is 11.3 Å². The number of hydrogen-bond acceptors (Lipinski definition) is 1. The van der Waals surface area contributed by atoms with Crippen LogP contribution in [0.4, 0.5) is 0 Å². The van der Waals surface area contributed by atoms with Crippen molar-refractivity contribution in [2.75, 3.05) is 0 Å². The van der Waals surface area contributed by atoms with E-state index >= 15 is 0 Å². The zero-order valence-corrected chi connectivity index (χ0v) is 41.5. The largest absolute Gasteiger partial charge is 0.354 e. The molecule has 0 aliphatic carbocycles. The molecule has 16 rings (SSSR count). The molecule has 16 aromatic rings. The van der Waals surface area contributed by atoms with Crippen LogP contribution in [-0.4, -0.2) is 9.38 Å². The number of H-pyrrole nitrogens is 1. The molecule has 1 N–H and O–H groups in total. The topological polar surface area (TPSA) is 20.2 Å². The number of benzene rings is 12. The minimum absolute atomic E-state index is 1.15. The molecule has 12 aromatic carbocycles. The van der Waals surface area contributed by atoms with E-state index in [4.69, 9.17) is 0 Å². The molecule has 0 atom stereocenters. The lowest BCUT2D eigenvalue weighted by molar-refractivity contribution is 1.37. The number of fused-ring (bicyclic) bond motifs is 12. The lowest BCUT2D eigenvalue weighted by Gasteiger charge is -2.12. The first-order valence-electron chi connectivity index (χ1n) is 25.8. The van der Waals surface area contributed by atoms with Gasteiger partial charge in [-0.2, -0.15) is 0 Å². The van der Waals surface area contributed by atoms with Crippen LogP contribution in [-0.2, 0) is 0 Å². The number of rotatable bonds is 7. The Morgan fingerprint density at radius 3 is 1.29 bits per heavy atom. The SMILES string of the molecule is c1ccc(-c2cc(-c3ccccc3)cc(-c3ccc(-c4c5[nH]c6cc7c8cccc9c%10ccc(-c%11cc(-c%12ccccc%12)cc(-c%12ccccc%12)c%11)cc%10n(c7cc6c5cc5c4sc4ccccc45)c98)cc3)c2)cc1. The lowest BCUT2D eigenvalue weighted by atomic mass is 9.92. The van der Waals surface area contributed by atoms with Crippen molar-refractivity contribution in [1.29, 1.82) is 0 Å². The van der Waals surface area contributed by atoms with Crippen LogP contribution in [0.3, 0.4) is 0 Å². The summed E-state index contributed by atoms with van der Waals surface area (Å²) in [7, 11) is 0. The number of thiophene rings is 1. The second-order valence-electron chi connectivity index (χ2n) is 20.1. The normalized spacial score (nSPS) is 12.0. The first kappa shape index (κ1) is 42.0. The molecule has 3 heteroatoms. The highest BCUT2D eigenvalue weighted by atomic mass is 32.1. The molecule has 0 spiro atoms. The molecular formula is C72H44N2S.